The Hall–Kier alpha value is -4.01. The first-order valence-corrected chi connectivity index (χ1v) is 12.9. The second-order valence-corrected chi connectivity index (χ2v) is 11.1. The molecule has 5 aromatic rings. The SMILES string of the molecule is Cc1cncc(-c2ccc3c(c2)Oc2cccc4c2P3c2ccc(-c3cncc(C)c3)cc2O4)c1. The number of ether oxygens (including phenoxy) is 2. The molecule has 0 atom stereocenters. The summed E-state index contributed by atoms with van der Waals surface area (Å²) in [4.78, 5) is 8.74. The lowest BCUT2D eigenvalue weighted by molar-refractivity contribution is 0.467. The summed E-state index contributed by atoms with van der Waals surface area (Å²) in [6.07, 6.45) is 7.56. The van der Waals surface area contributed by atoms with Gasteiger partial charge in [0.2, 0.25) is 0 Å². The predicted molar refractivity (Wildman–Crippen MR) is 141 cm³/mol. The van der Waals surface area contributed by atoms with E-state index in [1.807, 2.05) is 43.0 Å². The molecule has 0 bridgehead atoms. The second kappa shape index (κ2) is 7.76. The van der Waals surface area contributed by atoms with Crippen LogP contribution in [0.4, 0.5) is 0 Å². The maximum Gasteiger partial charge on any atom is 0.139 e. The van der Waals surface area contributed by atoms with Gasteiger partial charge < -0.3 is 9.47 Å². The van der Waals surface area contributed by atoms with Gasteiger partial charge in [-0.1, -0.05) is 18.2 Å². The van der Waals surface area contributed by atoms with Gasteiger partial charge in [0.15, 0.2) is 0 Å². The fraction of sp³-hybridized carbons (Fsp3) is 0.0667. The Morgan fingerprint density at radius 3 is 1.54 bits per heavy atom. The van der Waals surface area contributed by atoms with Crippen molar-refractivity contribution in [1.29, 1.82) is 0 Å². The molecule has 35 heavy (non-hydrogen) atoms. The summed E-state index contributed by atoms with van der Waals surface area (Å²) in [5, 5.41) is 3.56. The fourth-order valence-electron chi connectivity index (χ4n) is 4.84. The molecule has 0 aliphatic carbocycles. The summed E-state index contributed by atoms with van der Waals surface area (Å²) in [7, 11) is -0.807. The highest BCUT2D eigenvalue weighted by atomic mass is 31.1. The molecular weight excluding hydrogens is 451 g/mol. The zero-order valence-electron chi connectivity index (χ0n) is 19.3. The smallest absolute Gasteiger partial charge is 0.139 e. The van der Waals surface area contributed by atoms with E-state index in [0.717, 1.165) is 61.7 Å². The van der Waals surface area contributed by atoms with E-state index in [2.05, 4.69) is 72.3 Å². The van der Waals surface area contributed by atoms with Gasteiger partial charge in [0.05, 0.1) is 5.30 Å². The summed E-state index contributed by atoms with van der Waals surface area (Å²) in [6.45, 7) is 4.12. The first kappa shape index (κ1) is 20.4. The highest BCUT2D eigenvalue weighted by Crippen LogP contribution is 2.53. The van der Waals surface area contributed by atoms with Crippen molar-refractivity contribution in [2.24, 2.45) is 0 Å². The average Bonchev–Trinajstić information content (AvgIpc) is 2.88. The lowest BCUT2D eigenvalue weighted by atomic mass is 10.1. The number of fused-ring (bicyclic) bond motifs is 4. The molecule has 2 aliphatic rings. The highest BCUT2D eigenvalue weighted by Gasteiger charge is 2.37. The Balaban J connectivity index is 1.38. The second-order valence-electron chi connectivity index (χ2n) is 9.01. The molecule has 2 aromatic heterocycles. The van der Waals surface area contributed by atoms with Gasteiger partial charge in [-0.05, 0) is 84.6 Å². The number of hydrogen-bond acceptors (Lipinski definition) is 4. The van der Waals surface area contributed by atoms with E-state index in [-0.39, 0.29) is 0 Å². The predicted octanol–water partition coefficient (Wildman–Crippen LogP) is 6.40. The van der Waals surface area contributed by atoms with Crippen LogP contribution in [0.2, 0.25) is 0 Å². The van der Waals surface area contributed by atoms with Gasteiger partial charge >= 0.3 is 0 Å². The van der Waals surface area contributed by atoms with Gasteiger partial charge in [0.25, 0.3) is 0 Å². The van der Waals surface area contributed by atoms with Crippen molar-refractivity contribution in [3.63, 3.8) is 0 Å². The maximum atomic E-state index is 6.45. The van der Waals surface area contributed by atoms with Crippen molar-refractivity contribution < 1.29 is 9.47 Å². The summed E-state index contributed by atoms with van der Waals surface area (Å²) in [6, 6.07) is 23.5. The van der Waals surface area contributed by atoms with Crippen LogP contribution in [0.1, 0.15) is 11.1 Å². The van der Waals surface area contributed by atoms with Crippen molar-refractivity contribution >= 4 is 23.8 Å². The maximum absolute atomic E-state index is 6.45. The molecule has 0 spiro atoms. The van der Waals surface area contributed by atoms with E-state index in [4.69, 9.17) is 9.47 Å². The van der Waals surface area contributed by atoms with Gasteiger partial charge in [-0.2, -0.15) is 0 Å². The molecule has 0 fully saturated rings. The first-order valence-electron chi connectivity index (χ1n) is 11.5. The lowest BCUT2D eigenvalue weighted by Crippen LogP contribution is -2.31. The summed E-state index contributed by atoms with van der Waals surface area (Å²) in [5.74, 6) is 3.55. The van der Waals surface area contributed by atoms with Crippen LogP contribution in [0.15, 0.2) is 91.5 Å². The molecule has 0 saturated heterocycles. The van der Waals surface area contributed by atoms with Crippen LogP contribution >= 0.6 is 7.92 Å². The van der Waals surface area contributed by atoms with Crippen molar-refractivity contribution in [2.45, 2.75) is 13.8 Å². The fourth-order valence-corrected chi connectivity index (χ4v) is 7.37. The van der Waals surface area contributed by atoms with Gasteiger partial charge in [-0.25, -0.2) is 0 Å². The molecule has 168 valence electrons. The van der Waals surface area contributed by atoms with Crippen LogP contribution in [0.5, 0.6) is 23.0 Å². The number of aryl methyl sites for hydroxylation is 2. The van der Waals surface area contributed by atoms with Crippen LogP contribution in [0.3, 0.4) is 0 Å². The van der Waals surface area contributed by atoms with E-state index < -0.39 is 7.92 Å². The largest absolute Gasteiger partial charge is 0.456 e. The molecule has 4 nitrogen and oxygen atoms in total. The number of benzene rings is 3. The van der Waals surface area contributed by atoms with Gasteiger partial charge in [0, 0.05) is 54.4 Å². The van der Waals surface area contributed by atoms with Crippen molar-refractivity contribution in [3.8, 4) is 45.3 Å². The monoisotopic (exact) mass is 472 g/mol. The van der Waals surface area contributed by atoms with Crippen molar-refractivity contribution in [3.05, 3.63) is 103 Å². The van der Waals surface area contributed by atoms with Gasteiger partial charge in [-0.15, -0.1) is 0 Å². The van der Waals surface area contributed by atoms with Crippen molar-refractivity contribution in [2.75, 3.05) is 0 Å². The van der Waals surface area contributed by atoms with Crippen LogP contribution in [0.25, 0.3) is 22.3 Å². The minimum absolute atomic E-state index is 0.807. The lowest BCUT2D eigenvalue weighted by Gasteiger charge is -2.34. The van der Waals surface area contributed by atoms with E-state index in [9.17, 15) is 0 Å². The Labute approximate surface area is 205 Å². The van der Waals surface area contributed by atoms with Gasteiger partial charge in [-0.3, -0.25) is 9.97 Å². The normalized spacial score (nSPS) is 13.2. The molecule has 0 radical (unpaired) electrons. The molecule has 5 heteroatoms. The molecule has 0 unspecified atom stereocenters. The number of rotatable bonds is 2. The first-order chi connectivity index (χ1) is 17.1. The number of nitrogens with zero attached hydrogens (tertiary/aromatic N) is 2. The summed E-state index contributed by atoms with van der Waals surface area (Å²) >= 11 is 0. The summed E-state index contributed by atoms with van der Waals surface area (Å²) in [5.41, 5.74) is 6.66. The highest BCUT2D eigenvalue weighted by molar-refractivity contribution is 7.80. The average molecular weight is 472 g/mol. The van der Waals surface area contributed by atoms with E-state index in [1.165, 1.54) is 10.6 Å². The molecular formula is C30H21N2O2P. The van der Waals surface area contributed by atoms with Crippen LogP contribution < -0.4 is 25.4 Å². The molecule has 0 N–H and O–H groups in total. The Kier molecular flexibility index (Phi) is 4.52. The molecule has 7 rings (SSSR count). The summed E-state index contributed by atoms with van der Waals surface area (Å²) < 4.78 is 12.9. The third-order valence-electron chi connectivity index (χ3n) is 6.44. The molecule has 0 saturated carbocycles. The topological polar surface area (TPSA) is 44.2 Å². The van der Waals surface area contributed by atoms with E-state index in [1.54, 1.807) is 0 Å². The Morgan fingerprint density at radius 2 is 1.06 bits per heavy atom. The van der Waals surface area contributed by atoms with E-state index in [0.29, 0.717) is 0 Å². The van der Waals surface area contributed by atoms with Crippen molar-refractivity contribution in [1.82, 2.24) is 9.97 Å². The number of pyridine rings is 2. The van der Waals surface area contributed by atoms with E-state index >= 15 is 0 Å². The molecule has 3 aromatic carbocycles. The quantitative estimate of drug-likeness (QED) is 0.273. The zero-order valence-corrected chi connectivity index (χ0v) is 20.2. The molecule has 0 amide bonds. The minimum Gasteiger partial charge on any atom is -0.456 e. The molecule has 4 heterocycles. The number of hydrogen-bond donors (Lipinski definition) is 0. The zero-order chi connectivity index (χ0) is 23.5. The van der Waals surface area contributed by atoms with Crippen LogP contribution in [0, 0.1) is 13.8 Å². The Bertz CT molecular complexity index is 1530. The number of aromatic nitrogens is 2. The van der Waals surface area contributed by atoms with Gasteiger partial charge in [0.1, 0.15) is 23.0 Å². The minimum atomic E-state index is -0.807. The third-order valence-corrected chi connectivity index (χ3v) is 9.03. The van der Waals surface area contributed by atoms with Crippen LogP contribution in [-0.2, 0) is 0 Å². The third kappa shape index (κ3) is 3.33. The standard InChI is InChI=1S/C30H21N2O2P/c1-18-10-22(16-31-14-18)20-6-8-28-26(12-20)33-24-4-3-5-25-30(24)35(28)29-9-7-21(13-27(29)34-25)23-11-19(2)15-32-17-23/h3-17H,1-2H3. The molecule has 2 aliphatic heterocycles. The van der Waals surface area contributed by atoms with Crippen LogP contribution in [-0.4, -0.2) is 9.97 Å². The Morgan fingerprint density at radius 1 is 0.543 bits per heavy atom.